The zero-order chi connectivity index (χ0) is 82.8. The number of carbonyl (C=O) groups is 6. The van der Waals surface area contributed by atoms with Crippen LogP contribution in [0.4, 0.5) is 0 Å². The maximum atomic E-state index is 14.9. The lowest BCUT2D eigenvalue weighted by Crippen LogP contribution is -2.75. The number of carbonyl (C=O) groups excluding carboxylic acids is 6. The molecule has 21 heteroatoms. The van der Waals surface area contributed by atoms with Crippen LogP contribution < -0.4 is 10.6 Å². The largest absolute Gasteiger partial charge is 0.470 e. The number of ether oxygens (including phenoxy) is 6. The highest BCUT2D eigenvalue weighted by molar-refractivity contribution is 7.46. The number of esters is 4. The predicted molar refractivity (Wildman–Crippen MR) is 457 cm³/mol. The molecule has 8 atom stereocenters. The Morgan fingerprint density at radius 1 is 0.372 bits per heavy atom. The first-order valence-corrected chi connectivity index (χ1v) is 49.1. The highest BCUT2D eigenvalue weighted by Gasteiger charge is 2.61. The van der Waals surface area contributed by atoms with Gasteiger partial charge >= 0.3 is 31.7 Å². The molecule has 0 saturated carbocycles. The lowest BCUT2D eigenvalue weighted by Gasteiger charge is -2.50. The molecule has 0 aliphatic carbocycles. The third-order valence-corrected chi connectivity index (χ3v) is 23.0. The van der Waals surface area contributed by atoms with Gasteiger partial charge < -0.3 is 59.1 Å². The quantitative estimate of drug-likeness (QED) is 0.0108. The van der Waals surface area contributed by atoms with Crippen LogP contribution in [-0.2, 0) is 66.3 Å². The molecule has 0 aromatic heterocycles. The minimum absolute atomic E-state index is 0.129. The number of nitrogens with one attached hydrogen (secondary N) is 2. The van der Waals surface area contributed by atoms with Crippen LogP contribution in [0.25, 0.3) is 0 Å². The molecule has 0 bridgehead atoms. The van der Waals surface area contributed by atoms with Crippen LogP contribution in [0.15, 0.2) is 0 Å². The summed E-state index contributed by atoms with van der Waals surface area (Å²) in [7, 11) is -5.62. The number of aliphatic hydroxyl groups excluding tert-OH is 1. The number of unbranched alkanes of at least 4 members (excludes halogenated alkanes) is 54. The van der Waals surface area contributed by atoms with Gasteiger partial charge in [-0.2, -0.15) is 0 Å². The normalized spacial score (nSPS) is 17.2. The molecule has 1 aliphatic heterocycles. The van der Waals surface area contributed by atoms with Gasteiger partial charge in [-0.1, -0.05) is 388 Å². The van der Waals surface area contributed by atoms with E-state index in [2.05, 4.69) is 52.2 Å². The van der Waals surface area contributed by atoms with Crippen LogP contribution in [0.1, 0.15) is 485 Å². The maximum Gasteiger partial charge on any atom is 0.470 e. The highest BCUT2D eigenvalue weighted by atomic mass is 31.2. The van der Waals surface area contributed by atoms with Gasteiger partial charge in [0.05, 0.1) is 32.5 Å². The number of rotatable bonds is 84. The lowest BCUT2D eigenvalue weighted by atomic mass is 9.92. The highest BCUT2D eigenvalue weighted by Crippen LogP contribution is 2.44. The molecule has 113 heavy (non-hydrogen) atoms. The summed E-state index contributed by atoms with van der Waals surface area (Å²) in [6, 6.07) is 0. The average Bonchev–Trinajstić information content (AvgIpc) is 0.750. The smallest absolute Gasteiger partial charge is 0.462 e. The van der Waals surface area contributed by atoms with Crippen LogP contribution in [0.5, 0.6) is 0 Å². The van der Waals surface area contributed by atoms with Gasteiger partial charge in [0.2, 0.25) is 23.8 Å². The van der Waals surface area contributed by atoms with Gasteiger partial charge in [-0.3, -0.25) is 33.3 Å². The Balaban J connectivity index is 3.74. The predicted octanol–water partition coefficient (Wildman–Crippen LogP) is 23.8. The Labute approximate surface area is 690 Å². The molecule has 0 aromatic rings. The molecule has 0 radical (unpaired) electrons. The third-order valence-electron chi connectivity index (χ3n) is 22.4. The number of hydrogen-bond donors (Lipinski definition) is 6. The molecule has 1 fully saturated rings. The number of phosphoric acid groups is 1. The van der Waals surface area contributed by atoms with Gasteiger partial charge in [0.25, 0.3) is 0 Å². The molecule has 1 saturated heterocycles. The molecule has 1 aliphatic rings. The summed E-state index contributed by atoms with van der Waals surface area (Å²) in [5, 5.41) is 29.7. The fraction of sp³-hybridized carbons (Fsp3) is 0.935. The summed E-state index contributed by atoms with van der Waals surface area (Å²) in [6.07, 6.45) is 54.4. The Hall–Kier alpha value is -3.23. The van der Waals surface area contributed by atoms with Crippen molar-refractivity contribution in [3.05, 3.63) is 0 Å². The molecule has 1 heterocycles. The summed E-state index contributed by atoms with van der Waals surface area (Å²) in [4.78, 5) is 106. The number of amides is 2. The van der Waals surface area contributed by atoms with E-state index in [1.807, 2.05) is 0 Å². The van der Waals surface area contributed by atoms with Gasteiger partial charge in [0.1, 0.15) is 30.5 Å². The van der Waals surface area contributed by atoms with Crippen molar-refractivity contribution in [3.63, 3.8) is 0 Å². The first-order chi connectivity index (χ1) is 54.9. The first-order valence-electron chi connectivity index (χ1n) is 47.6. The van der Waals surface area contributed by atoms with Crippen molar-refractivity contribution < 1.29 is 86.3 Å². The van der Waals surface area contributed by atoms with Gasteiger partial charge in [-0.25, -0.2) is 4.57 Å². The Morgan fingerprint density at radius 3 is 0.920 bits per heavy atom. The molecular weight excluding hydrogens is 1450 g/mol. The molecular formula is C92H175N2O18P. The average molecular weight is 1630 g/mol. The summed E-state index contributed by atoms with van der Waals surface area (Å²) in [5.74, 6) is -3.79. The molecule has 666 valence electrons. The standard InChI is InChI=1S/C92H175N2O18P/c1-7-13-19-25-31-37-40-46-52-58-64-70-85(98)107-79(67-61-55-49-43-34-28-22-16-10-4)75-83(96)93-73-74-106-91-92(102,94-84(97)76-80(68-62-56-50-44-35-29-23-17-11-5)108-86(99)71-65-59-53-47-41-38-32-26-20-14-8-2)90(89(82(78-95)110-91)112-113(103,104)105)111-88(101)77-81(69-63-57-51-45-36-30-24-18-12-6)109-87(100)72-66-60-54-48-42-39-33-27-21-15-9-3/h79-82,89-91,95,102H,7-78H2,1-6H3,(H,93,96)(H,94,97)(H2,103,104,105)/t79-,80-,81-,82-,89-,90+,91-,92-/m1/s1. The van der Waals surface area contributed by atoms with E-state index in [1.54, 1.807) is 0 Å². The van der Waals surface area contributed by atoms with Crippen molar-refractivity contribution in [1.82, 2.24) is 10.6 Å². The van der Waals surface area contributed by atoms with E-state index >= 15 is 0 Å². The van der Waals surface area contributed by atoms with Crippen LogP contribution in [0, 0.1) is 0 Å². The van der Waals surface area contributed by atoms with Crippen molar-refractivity contribution in [2.75, 3.05) is 19.8 Å². The van der Waals surface area contributed by atoms with Crippen LogP contribution in [0.3, 0.4) is 0 Å². The fourth-order valence-corrected chi connectivity index (χ4v) is 16.0. The summed E-state index contributed by atoms with van der Waals surface area (Å²) >= 11 is 0. The van der Waals surface area contributed by atoms with Crippen LogP contribution in [-0.4, -0.2) is 124 Å². The van der Waals surface area contributed by atoms with Gasteiger partial charge in [0, 0.05) is 25.8 Å². The van der Waals surface area contributed by atoms with Crippen molar-refractivity contribution >= 4 is 43.5 Å². The van der Waals surface area contributed by atoms with E-state index in [1.165, 1.54) is 180 Å². The molecule has 0 aromatic carbocycles. The van der Waals surface area contributed by atoms with Crippen molar-refractivity contribution in [2.24, 2.45) is 0 Å². The number of phosphoric ester groups is 1. The number of hydrogen-bond acceptors (Lipinski definition) is 16. The van der Waals surface area contributed by atoms with E-state index in [0.29, 0.717) is 44.9 Å². The molecule has 2 amide bonds. The SMILES string of the molecule is CCCCCCCCCCCCCC(=O)O[C@H](CCCCCCCCCCC)CC(=O)NCCO[C@@H]1O[C@H](CO)[C@@H](OP(=O)(O)O)[C@H](OC(=O)C[C@@H](CCCCCCCCCCC)OC(=O)CCCCCCCCCCCCC)[C@]1(O)NC(=O)C[C@@H](CCCCCCCCCCC)OC(=O)CCCCCCCCCCCCC. The second-order valence-electron chi connectivity index (χ2n) is 33.4. The second kappa shape index (κ2) is 76.2. The summed E-state index contributed by atoms with van der Waals surface area (Å²) in [5.41, 5.74) is -3.08. The zero-order valence-corrected chi connectivity index (χ0v) is 74.3. The molecule has 0 spiro atoms. The van der Waals surface area contributed by atoms with E-state index in [-0.39, 0.29) is 44.6 Å². The fourth-order valence-electron chi connectivity index (χ4n) is 15.5. The van der Waals surface area contributed by atoms with Crippen LogP contribution >= 0.6 is 7.82 Å². The van der Waals surface area contributed by atoms with E-state index in [4.69, 9.17) is 32.9 Å². The summed E-state index contributed by atoms with van der Waals surface area (Å²) < 4.78 is 55.1. The minimum Gasteiger partial charge on any atom is -0.462 e. The van der Waals surface area contributed by atoms with Gasteiger partial charge in [-0.15, -0.1) is 0 Å². The van der Waals surface area contributed by atoms with Crippen LogP contribution in [0.2, 0.25) is 0 Å². The third kappa shape index (κ3) is 63.5. The van der Waals surface area contributed by atoms with E-state index < -0.39 is 112 Å². The van der Waals surface area contributed by atoms with Crippen molar-refractivity contribution in [1.29, 1.82) is 0 Å². The lowest BCUT2D eigenvalue weighted by molar-refractivity contribution is -0.346. The minimum atomic E-state index is -5.62. The number of aliphatic hydroxyl groups is 2. The van der Waals surface area contributed by atoms with Crippen molar-refractivity contribution in [2.45, 2.75) is 533 Å². The van der Waals surface area contributed by atoms with E-state index in [9.17, 15) is 53.3 Å². The topological polar surface area (TPSA) is 289 Å². The molecule has 1 rings (SSSR count). The van der Waals surface area contributed by atoms with Gasteiger partial charge in [-0.05, 0) is 57.8 Å². The zero-order valence-electron chi connectivity index (χ0n) is 73.4. The van der Waals surface area contributed by atoms with E-state index in [0.717, 1.165) is 173 Å². The van der Waals surface area contributed by atoms with Gasteiger partial charge in [0.15, 0.2) is 6.10 Å². The molecule has 6 N–H and O–H groups in total. The Morgan fingerprint density at radius 2 is 0.637 bits per heavy atom. The second-order valence-corrected chi connectivity index (χ2v) is 34.6. The Kier molecular flexibility index (Phi) is 72.7. The monoisotopic (exact) mass is 1630 g/mol. The first kappa shape index (κ1) is 108. The van der Waals surface area contributed by atoms with Crippen molar-refractivity contribution in [3.8, 4) is 0 Å². The maximum absolute atomic E-state index is 14.9. The molecule has 0 unspecified atom stereocenters. The molecule has 20 nitrogen and oxygen atoms in total. The Bertz CT molecular complexity index is 2300. The summed E-state index contributed by atoms with van der Waals surface area (Å²) in [6.45, 7) is 11.6.